The first-order chi connectivity index (χ1) is 4.84. The minimum absolute atomic E-state index is 0.000278. The lowest BCUT2D eigenvalue weighted by molar-refractivity contribution is -0.108. The fraction of sp³-hybridized carbons (Fsp3) is 0.875. The minimum atomic E-state index is 0.000278. The summed E-state index contributed by atoms with van der Waals surface area (Å²) in [6.07, 6.45) is 7.29. The fourth-order valence-electron chi connectivity index (χ4n) is 1.59. The van der Waals surface area contributed by atoms with E-state index in [-0.39, 0.29) is 5.25 Å². The van der Waals surface area contributed by atoms with Crippen molar-refractivity contribution < 1.29 is 4.79 Å². The third kappa shape index (κ3) is 2.01. The summed E-state index contributed by atoms with van der Waals surface area (Å²) in [7, 11) is 0. The first kappa shape index (κ1) is 8.12. The van der Waals surface area contributed by atoms with Crippen LogP contribution in [0.4, 0.5) is 0 Å². The number of rotatable bonds is 2. The molecule has 0 aromatic rings. The molecule has 0 bridgehead atoms. The van der Waals surface area contributed by atoms with Gasteiger partial charge in [0.15, 0.2) is 0 Å². The number of carbonyl (C=O) groups excluding carboxylic acids is 1. The molecular weight excluding hydrogens is 144 g/mol. The zero-order valence-corrected chi connectivity index (χ0v) is 7.02. The van der Waals surface area contributed by atoms with Crippen molar-refractivity contribution in [2.75, 3.05) is 0 Å². The molecule has 1 rings (SSSR count). The Morgan fingerprint density at radius 1 is 1.30 bits per heavy atom. The van der Waals surface area contributed by atoms with Crippen LogP contribution in [0.2, 0.25) is 0 Å². The van der Waals surface area contributed by atoms with Crippen molar-refractivity contribution >= 4 is 18.9 Å². The van der Waals surface area contributed by atoms with Crippen LogP contribution in [0.15, 0.2) is 0 Å². The Labute approximate surface area is 67.6 Å². The summed E-state index contributed by atoms with van der Waals surface area (Å²) in [5, 5.41) is 0.000278. The van der Waals surface area contributed by atoms with Gasteiger partial charge in [0, 0.05) is 0 Å². The van der Waals surface area contributed by atoms with Crippen molar-refractivity contribution in [3.63, 3.8) is 0 Å². The van der Waals surface area contributed by atoms with E-state index in [2.05, 4.69) is 12.6 Å². The summed E-state index contributed by atoms with van der Waals surface area (Å²) in [6.45, 7) is 0. The summed E-state index contributed by atoms with van der Waals surface area (Å²) in [5.41, 5.74) is 0. The van der Waals surface area contributed by atoms with Gasteiger partial charge >= 0.3 is 0 Å². The van der Waals surface area contributed by atoms with Crippen molar-refractivity contribution in [3.8, 4) is 0 Å². The summed E-state index contributed by atoms with van der Waals surface area (Å²) in [6, 6.07) is 0. The van der Waals surface area contributed by atoms with Gasteiger partial charge in [0.2, 0.25) is 0 Å². The van der Waals surface area contributed by atoms with Gasteiger partial charge in [0.1, 0.15) is 6.29 Å². The topological polar surface area (TPSA) is 17.1 Å². The van der Waals surface area contributed by atoms with Crippen LogP contribution in [0.5, 0.6) is 0 Å². The van der Waals surface area contributed by atoms with E-state index in [0.717, 1.165) is 6.29 Å². The second kappa shape index (κ2) is 4.02. The molecule has 1 saturated carbocycles. The first-order valence-corrected chi connectivity index (χ1v) is 4.49. The van der Waals surface area contributed by atoms with Crippen LogP contribution in [0, 0.1) is 5.92 Å². The summed E-state index contributed by atoms with van der Waals surface area (Å²) >= 11 is 4.20. The van der Waals surface area contributed by atoms with E-state index in [1.165, 1.54) is 32.1 Å². The first-order valence-electron chi connectivity index (χ1n) is 3.98. The molecule has 0 aromatic heterocycles. The lowest BCUT2D eigenvalue weighted by atomic mass is 9.87. The van der Waals surface area contributed by atoms with Crippen LogP contribution in [0.25, 0.3) is 0 Å². The average molecular weight is 158 g/mol. The number of carbonyl (C=O) groups is 1. The van der Waals surface area contributed by atoms with Gasteiger partial charge in [-0.05, 0) is 18.8 Å². The largest absolute Gasteiger partial charge is 0.302 e. The molecule has 1 aliphatic carbocycles. The monoisotopic (exact) mass is 158 g/mol. The number of aldehydes is 1. The molecule has 0 spiro atoms. The maximum atomic E-state index is 10.3. The lowest BCUT2D eigenvalue weighted by Crippen LogP contribution is -2.18. The van der Waals surface area contributed by atoms with E-state index in [0.29, 0.717) is 5.92 Å². The van der Waals surface area contributed by atoms with Gasteiger partial charge in [0.25, 0.3) is 0 Å². The lowest BCUT2D eigenvalue weighted by Gasteiger charge is -2.23. The number of thiol groups is 1. The molecule has 1 fully saturated rings. The Hall–Kier alpha value is 0.0200. The molecule has 1 aliphatic rings. The highest BCUT2D eigenvalue weighted by Gasteiger charge is 2.19. The van der Waals surface area contributed by atoms with Gasteiger partial charge in [-0.3, -0.25) is 0 Å². The Bertz CT molecular complexity index is 108. The van der Waals surface area contributed by atoms with Gasteiger partial charge < -0.3 is 4.79 Å². The molecule has 10 heavy (non-hydrogen) atoms. The Morgan fingerprint density at radius 2 is 1.90 bits per heavy atom. The third-order valence-electron chi connectivity index (χ3n) is 2.27. The molecule has 0 heterocycles. The number of hydrogen-bond acceptors (Lipinski definition) is 2. The molecule has 0 aromatic carbocycles. The SMILES string of the molecule is O=CC(S)C1CCCCC1. The molecule has 0 aliphatic heterocycles. The van der Waals surface area contributed by atoms with Crippen molar-refractivity contribution in [2.45, 2.75) is 37.4 Å². The quantitative estimate of drug-likeness (QED) is 0.481. The molecule has 2 heteroatoms. The zero-order chi connectivity index (χ0) is 7.40. The van der Waals surface area contributed by atoms with Gasteiger partial charge in [-0.1, -0.05) is 19.3 Å². The standard InChI is InChI=1S/C8H14OS/c9-6-8(10)7-4-2-1-3-5-7/h6-8,10H,1-5H2. The van der Waals surface area contributed by atoms with Crippen LogP contribution in [-0.2, 0) is 4.79 Å². The van der Waals surface area contributed by atoms with Crippen LogP contribution in [0.3, 0.4) is 0 Å². The minimum Gasteiger partial charge on any atom is -0.302 e. The Morgan fingerprint density at radius 3 is 2.40 bits per heavy atom. The van der Waals surface area contributed by atoms with Crippen molar-refractivity contribution in [1.29, 1.82) is 0 Å². The van der Waals surface area contributed by atoms with Crippen molar-refractivity contribution in [1.82, 2.24) is 0 Å². The van der Waals surface area contributed by atoms with Crippen LogP contribution < -0.4 is 0 Å². The van der Waals surface area contributed by atoms with Crippen LogP contribution in [0.1, 0.15) is 32.1 Å². The zero-order valence-electron chi connectivity index (χ0n) is 6.12. The molecular formula is C8H14OS. The average Bonchev–Trinajstić information content (AvgIpc) is 2.05. The second-order valence-electron chi connectivity index (χ2n) is 3.02. The number of hydrogen-bond donors (Lipinski definition) is 1. The molecule has 1 atom stereocenters. The van der Waals surface area contributed by atoms with Gasteiger partial charge in [0.05, 0.1) is 5.25 Å². The van der Waals surface area contributed by atoms with E-state index >= 15 is 0 Å². The predicted octanol–water partition coefficient (Wildman–Crippen LogP) is 2.06. The van der Waals surface area contributed by atoms with E-state index in [1.807, 2.05) is 0 Å². The van der Waals surface area contributed by atoms with Crippen LogP contribution in [-0.4, -0.2) is 11.5 Å². The molecule has 58 valence electrons. The Balaban J connectivity index is 2.30. The normalized spacial score (nSPS) is 24.1. The van der Waals surface area contributed by atoms with E-state index in [9.17, 15) is 4.79 Å². The summed E-state index contributed by atoms with van der Waals surface area (Å²) in [4.78, 5) is 10.3. The molecule has 0 N–H and O–H groups in total. The van der Waals surface area contributed by atoms with Crippen LogP contribution >= 0.6 is 12.6 Å². The third-order valence-corrected chi connectivity index (χ3v) is 2.82. The molecule has 1 nitrogen and oxygen atoms in total. The molecule has 1 unspecified atom stereocenters. The summed E-state index contributed by atoms with van der Waals surface area (Å²) < 4.78 is 0. The maximum absolute atomic E-state index is 10.3. The Kier molecular flexibility index (Phi) is 3.26. The van der Waals surface area contributed by atoms with E-state index in [4.69, 9.17) is 0 Å². The molecule has 0 saturated heterocycles. The van der Waals surface area contributed by atoms with Gasteiger partial charge in [-0.15, -0.1) is 0 Å². The highest BCUT2D eigenvalue weighted by Crippen LogP contribution is 2.27. The predicted molar refractivity (Wildman–Crippen MR) is 45.4 cm³/mol. The summed E-state index contributed by atoms with van der Waals surface area (Å²) in [5.74, 6) is 0.564. The van der Waals surface area contributed by atoms with Gasteiger partial charge in [-0.25, -0.2) is 0 Å². The smallest absolute Gasteiger partial charge is 0.132 e. The van der Waals surface area contributed by atoms with Crippen molar-refractivity contribution in [3.05, 3.63) is 0 Å². The van der Waals surface area contributed by atoms with Gasteiger partial charge in [-0.2, -0.15) is 12.6 Å². The maximum Gasteiger partial charge on any atom is 0.132 e. The van der Waals surface area contributed by atoms with E-state index in [1.54, 1.807) is 0 Å². The highest BCUT2D eigenvalue weighted by atomic mass is 32.1. The van der Waals surface area contributed by atoms with Crippen molar-refractivity contribution in [2.24, 2.45) is 5.92 Å². The molecule has 0 amide bonds. The van der Waals surface area contributed by atoms with E-state index < -0.39 is 0 Å². The molecule has 0 radical (unpaired) electrons. The highest BCUT2D eigenvalue weighted by molar-refractivity contribution is 7.81. The fourth-order valence-corrected chi connectivity index (χ4v) is 1.88. The second-order valence-corrected chi connectivity index (χ2v) is 3.62.